The molecular weight excluding hydrogens is 310 g/mol. The van der Waals surface area contributed by atoms with Gasteiger partial charge in [-0.1, -0.05) is 12.5 Å². The van der Waals surface area contributed by atoms with Crippen molar-refractivity contribution in [2.24, 2.45) is 5.73 Å². The van der Waals surface area contributed by atoms with Crippen molar-refractivity contribution in [1.29, 1.82) is 0 Å². The first-order valence-electron chi connectivity index (χ1n) is 8.08. The van der Waals surface area contributed by atoms with Crippen molar-refractivity contribution in [2.45, 2.75) is 19.3 Å². The Hall–Kier alpha value is -2.32. The van der Waals surface area contributed by atoms with Crippen LogP contribution in [0.25, 0.3) is 0 Å². The first-order chi connectivity index (χ1) is 11.6. The Morgan fingerprint density at radius 3 is 2.58 bits per heavy atom. The minimum absolute atomic E-state index is 0.133. The van der Waals surface area contributed by atoms with Gasteiger partial charge in [0.15, 0.2) is 5.78 Å². The van der Waals surface area contributed by atoms with Crippen molar-refractivity contribution in [2.75, 3.05) is 32.7 Å². The predicted octanol–water partition coefficient (Wildman–Crippen LogP) is -0.431. The van der Waals surface area contributed by atoms with Gasteiger partial charge in [0, 0.05) is 19.3 Å². The van der Waals surface area contributed by atoms with Gasteiger partial charge in [-0.05, 0) is 25.0 Å². The summed E-state index contributed by atoms with van der Waals surface area (Å²) in [5.41, 5.74) is 5.74. The van der Waals surface area contributed by atoms with E-state index in [4.69, 9.17) is 5.73 Å². The number of carbonyl (C=O) groups is 3. The number of nitrogens with one attached hydrogen (secondary N) is 1. The number of ketones is 1. The number of nitrogens with zero attached hydrogens (tertiary/aromatic N) is 3. The van der Waals surface area contributed by atoms with E-state index < -0.39 is 5.91 Å². The third-order valence-electron chi connectivity index (χ3n) is 3.83. The topological polar surface area (TPSA) is 109 Å². The smallest absolute Gasteiger partial charge is 0.251 e. The first-order valence-corrected chi connectivity index (χ1v) is 8.08. The molecule has 8 nitrogen and oxygen atoms in total. The van der Waals surface area contributed by atoms with E-state index in [1.165, 1.54) is 11.2 Å². The molecule has 1 aromatic heterocycles. The lowest BCUT2D eigenvalue weighted by Gasteiger charge is -2.36. The quantitative estimate of drug-likeness (QED) is 0.655. The molecule has 0 spiro atoms. The maximum Gasteiger partial charge on any atom is 0.251 e. The summed E-state index contributed by atoms with van der Waals surface area (Å²) in [4.78, 5) is 40.0. The first kappa shape index (κ1) is 18.0. The molecule has 0 radical (unpaired) electrons. The number of aromatic nitrogens is 1. The van der Waals surface area contributed by atoms with E-state index in [1.54, 1.807) is 18.2 Å². The molecule has 0 bridgehead atoms. The van der Waals surface area contributed by atoms with Crippen LogP contribution >= 0.6 is 0 Å². The van der Waals surface area contributed by atoms with E-state index in [0.717, 1.165) is 32.4 Å². The maximum absolute atomic E-state index is 12.1. The minimum atomic E-state index is -0.397. The van der Waals surface area contributed by atoms with Gasteiger partial charge in [0.25, 0.3) is 5.91 Å². The van der Waals surface area contributed by atoms with Crippen molar-refractivity contribution in [3.05, 3.63) is 30.1 Å². The molecule has 24 heavy (non-hydrogen) atoms. The minimum Gasteiger partial charge on any atom is -0.347 e. The number of hydrogen-bond donors (Lipinski definition) is 2. The fourth-order valence-corrected chi connectivity index (χ4v) is 2.56. The number of rotatable bonds is 7. The molecule has 2 rings (SSSR count). The molecule has 0 atom stereocenters. The average Bonchev–Trinajstić information content (AvgIpc) is 2.65. The van der Waals surface area contributed by atoms with Crippen LogP contribution in [0, 0.1) is 0 Å². The van der Waals surface area contributed by atoms with Gasteiger partial charge in [-0.25, -0.2) is 5.01 Å². The van der Waals surface area contributed by atoms with Crippen molar-refractivity contribution < 1.29 is 14.4 Å². The lowest BCUT2D eigenvalue weighted by molar-refractivity contribution is -0.153. The molecule has 2 heterocycles. The fraction of sp³-hybridized carbons (Fsp3) is 0.500. The molecule has 0 aromatic carbocycles. The molecule has 1 aliphatic rings. The van der Waals surface area contributed by atoms with Crippen LogP contribution in [-0.4, -0.2) is 65.3 Å². The zero-order chi connectivity index (χ0) is 17.4. The Kier molecular flexibility index (Phi) is 6.83. The summed E-state index contributed by atoms with van der Waals surface area (Å²) in [6, 6.07) is 5.01. The van der Waals surface area contributed by atoms with Crippen LogP contribution in [0.4, 0.5) is 0 Å². The van der Waals surface area contributed by atoms with Gasteiger partial charge >= 0.3 is 0 Å². The normalized spacial score (nSPS) is 14.9. The van der Waals surface area contributed by atoms with Crippen LogP contribution in [-0.2, 0) is 9.59 Å². The predicted molar refractivity (Wildman–Crippen MR) is 87.8 cm³/mol. The van der Waals surface area contributed by atoms with E-state index in [1.807, 2.05) is 5.01 Å². The Morgan fingerprint density at radius 2 is 1.96 bits per heavy atom. The Balaban J connectivity index is 1.88. The van der Waals surface area contributed by atoms with Crippen molar-refractivity contribution in [3.8, 4) is 0 Å². The number of amides is 2. The Labute approximate surface area is 141 Å². The van der Waals surface area contributed by atoms with Crippen LogP contribution < -0.4 is 11.1 Å². The van der Waals surface area contributed by atoms with Crippen LogP contribution in [0.15, 0.2) is 24.4 Å². The Bertz CT molecular complexity index is 572. The van der Waals surface area contributed by atoms with Gasteiger partial charge in [0.05, 0.1) is 13.1 Å². The number of hydrazine groups is 1. The molecule has 8 heteroatoms. The van der Waals surface area contributed by atoms with Crippen molar-refractivity contribution >= 4 is 17.6 Å². The molecule has 3 N–H and O–H groups in total. The third-order valence-corrected chi connectivity index (χ3v) is 3.83. The number of carbonyl (C=O) groups excluding carboxylic acids is 3. The summed E-state index contributed by atoms with van der Waals surface area (Å²) in [5.74, 6) is -0.978. The van der Waals surface area contributed by atoms with E-state index >= 15 is 0 Å². The van der Waals surface area contributed by atoms with Crippen molar-refractivity contribution in [1.82, 2.24) is 20.3 Å². The number of Topliss-reactive ketones (excluding diaryl/α,β-unsaturated/α-hetero) is 1. The monoisotopic (exact) mass is 333 g/mol. The van der Waals surface area contributed by atoms with Crippen LogP contribution in [0.2, 0.25) is 0 Å². The molecule has 0 saturated carbocycles. The Morgan fingerprint density at radius 1 is 1.21 bits per heavy atom. The standard InChI is InChI=1S/C16H23N5O3/c17-10-16(24)21(20-8-4-1-5-9-20)12-15(23)19-11-14(22)13-6-2-3-7-18-13/h2-3,6-7H,1,4-5,8-12,17H2,(H,19,23). The zero-order valence-electron chi connectivity index (χ0n) is 13.6. The summed E-state index contributed by atoms with van der Waals surface area (Å²) in [7, 11) is 0. The van der Waals surface area contributed by atoms with Crippen molar-refractivity contribution in [3.63, 3.8) is 0 Å². The second kappa shape index (κ2) is 9.09. The lowest BCUT2D eigenvalue weighted by Crippen LogP contribution is -2.54. The molecule has 1 aromatic rings. The van der Waals surface area contributed by atoms with Gasteiger partial charge in [-0.3, -0.25) is 24.4 Å². The van der Waals surface area contributed by atoms with E-state index in [0.29, 0.717) is 5.69 Å². The highest BCUT2D eigenvalue weighted by molar-refractivity contribution is 5.98. The fourth-order valence-electron chi connectivity index (χ4n) is 2.56. The third kappa shape index (κ3) is 5.10. The number of nitrogens with two attached hydrogens (primary N) is 1. The maximum atomic E-state index is 12.1. The summed E-state index contributed by atoms with van der Waals surface area (Å²) in [6.45, 7) is 1.01. The van der Waals surface area contributed by atoms with Gasteiger partial charge in [-0.2, -0.15) is 0 Å². The zero-order valence-corrected chi connectivity index (χ0v) is 13.6. The summed E-state index contributed by atoms with van der Waals surface area (Å²) >= 11 is 0. The molecule has 130 valence electrons. The van der Waals surface area contributed by atoms with Gasteiger partial charge in [-0.15, -0.1) is 0 Å². The van der Waals surface area contributed by atoms with Crippen LogP contribution in [0.3, 0.4) is 0 Å². The molecule has 0 unspecified atom stereocenters. The molecular formula is C16H23N5O3. The number of piperidine rings is 1. The molecule has 2 amide bonds. The highest BCUT2D eigenvalue weighted by Crippen LogP contribution is 2.11. The number of hydrogen-bond acceptors (Lipinski definition) is 6. The number of pyridine rings is 1. The van der Waals surface area contributed by atoms with Crippen LogP contribution in [0.5, 0.6) is 0 Å². The SMILES string of the molecule is NCC(=O)N(CC(=O)NCC(=O)c1ccccn1)N1CCCCC1. The van der Waals surface area contributed by atoms with Gasteiger partial charge in [0.1, 0.15) is 12.2 Å². The molecule has 1 fully saturated rings. The highest BCUT2D eigenvalue weighted by Gasteiger charge is 2.24. The molecule has 0 aliphatic carbocycles. The second-order valence-corrected chi connectivity index (χ2v) is 5.58. The second-order valence-electron chi connectivity index (χ2n) is 5.58. The highest BCUT2D eigenvalue weighted by atomic mass is 16.2. The lowest BCUT2D eigenvalue weighted by atomic mass is 10.2. The summed E-state index contributed by atoms with van der Waals surface area (Å²) in [6.07, 6.45) is 4.60. The molecule has 1 saturated heterocycles. The summed E-state index contributed by atoms with van der Waals surface area (Å²) in [5, 5.41) is 5.79. The van der Waals surface area contributed by atoms with E-state index in [9.17, 15) is 14.4 Å². The van der Waals surface area contributed by atoms with Gasteiger partial charge in [0.2, 0.25) is 5.91 Å². The van der Waals surface area contributed by atoms with Gasteiger partial charge < -0.3 is 11.1 Å². The van der Waals surface area contributed by atoms with Crippen LogP contribution in [0.1, 0.15) is 29.8 Å². The summed E-state index contributed by atoms with van der Waals surface area (Å²) < 4.78 is 0. The average molecular weight is 333 g/mol. The largest absolute Gasteiger partial charge is 0.347 e. The van der Waals surface area contributed by atoms with E-state index in [-0.39, 0.29) is 31.3 Å². The molecule has 1 aliphatic heterocycles. The van der Waals surface area contributed by atoms with E-state index in [2.05, 4.69) is 10.3 Å².